The molecule has 0 saturated carbocycles. The summed E-state index contributed by atoms with van der Waals surface area (Å²) in [5.41, 5.74) is 2.90. The number of aromatic nitrogens is 1. The highest BCUT2D eigenvalue weighted by atomic mass is 16.6. The molecule has 0 unspecified atom stereocenters. The van der Waals surface area contributed by atoms with Gasteiger partial charge in [-0.1, -0.05) is 12.1 Å². The first kappa shape index (κ1) is 16.4. The number of carbonyl (C=O) groups is 2. The molecule has 3 rings (SSSR count). The van der Waals surface area contributed by atoms with Gasteiger partial charge >= 0.3 is 6.09 Å². The Hall–Kier alpha value is -2.50. The molecule has 0 spiro atoms. The third-order valence-electron chi connectivity index (χ3n) is 4.62. The zero-order valence-corrected chi connectivity index (χ0v) is 14.4. The van der Waals surface area contributed by atoms with Crippen molar-refractivity contribution >= 4 is 22.9 Å². The van der Waals surface area contributed by atoms with E-state index in [0.717, 1.165) is 16.5 Å². The first-order valence-corrected chi connectivity index (χ1v) is 8.29. The predicted octanol–water partition coefficient (Wildman–Crippen LogP) is 2.40. The molecule has 2 heterocycles. The van der Waals surface area contributed by atoms with Gasteiger partial charge in [0.1, 0.15) is 5.69 Å². The Labute approximate surface area is 141 Å². The summed E-state index contributed by atoms with van der Waals surface area (Å²) in [5, 5.41) is 1.11. The van der Waals surface area contributed by atoms with E-state index in [-0.39, 0.29) is 12.0 Å². The maximum absolute atomic E-state index is 12.9. The van der Waals surface area contributed by atoms with Crippen molar-refractivity contribution in [3.8, 4) is 0 Å². The smallest absolute Gasteiger partial charge is 0.409 e. The molecular weight excluding hydrogens is 306 g/mol. The van der Waals surface area contributed by atoms with Crippen molar-refractivity contribution in [2.45, 2.75) is 13.8 Å². The van der Waals surface area contributed by atoms with Gasteiger partial charge in [0.2, 0.25) is 0 Å². The van der Waals surface area contributed by atoms with Crippen molar-refractivity contribution in [3.05, 3.63) is 35.5 Å². The number of carbonyl (C=O) groups excluding carboxylic acids is 2. The molecule has 128 valence electrons. The van der Waals surface area contributed by atoms with Crippen LogP contribution in [0.2, 0.25) is 0 Å². The Morgan fingerprint density at radius 3 is 2.42 bits per heavy atom. The van der Waals surface area contributed by atoms with Crippen molar-refractivity contribution < 1.29 is 14.3 Å². The Balaban J connectivity index is 1.75. The van der Waals surface area contributed by atoms with E-state index >= 15 is 0 Å². The van der Waals surface area contributed by atoms with Crippen molar-refractivity contribution in [1.29, 1.82) is 0 Å². The highest BCUT2D eigenvalue weighted by Gasteiger charge is 2.27. The number of piperazine rings is 1. The number of fused-ring (bicyclic) bond motifs is 1. The van der Waals surface area contributed by atoms with Crippen molar-refractivity contribution in [3.63, 3.8) is 0 Å². The fourth-order valence-corrected chi connectivity index (χ4v) is 3.18. The third kappa shape index (κ3) is 2.84. The number of benzene rings is 1. The van der Waals surface area contributed by atoms with Crippen LogP contribution in [0.1, 0.15) is 23.0 Å². The SMILES string of the molecule is CCOC(=O)N1CCN(C(=O)c2cc3c(C)cccc3n2C)CC1. The van der Waals surface area contributed by atoms with E-state index in [0.29, 0.717) is 38.5 Å². The summed E-state index contributed by atoms with van der Waals surface area (Å²) in [5.74, 6) is 0.0107. The normalized spacial score (nSPS) is 15.0. The number of aryl methyl sites for hydroxylation is 2. The fraction of sp³-hybridized carbons (Fsp3) is 0.444. The van der Waals surface area contributed by atoms with Gasteiger partial charge in [0.25, 0.3) is 5.91 Å². The zero-order valence-electron chi connectivity index (χ0n) is 14.4. The molecule has 24 heavy (non-hydrogen) atoms. The Kier molecular flexibility index (Phi) is 4.46. The second kappa shape index (κ2) is 6.55. The number of hydrogen-bond donors (Lipinski definition) is 0. The first-order chi connectivity index (χ1) is 11.5. The van der Waals surface area contributed by atoms with Crippen molar-refractivity contribution in [2.75, 3.05) is 32.8 Å². The van der Waals surface area contributed by atoms with Crippen LogP contribution < -0.4 is 0 Å². The number of amides is 2. The first-order valence-electron chi connectivity index (χ1n) is 8.29. The lowest BCUT2D eigenvalue weighted by Gasteiger charge is -2.34. The molecule has 0 N–H and O–H groups in total. The molecule has 6 heteroatoms. The lowest BCUT2D eigenvalue weighted by molar-refractivity contribution is 0.0563. The second-order valence-corrected chi connectivity index (χ2v) is 6.07. The molecule has 1 aliphatic rings. The molecule has 0 bridgehead atoms. The van der Waals surface area contributed by atoms with Gasteiger partial charge < -0.3 is 19.1 Å². The third-order valence-corrected chi connectivity index (χ3v) is 4.62. The molecule has 0 atom stereocenters. The van der Waals surface area contributed by atoms with Crippen LogP contribution in [0.3, 0.4) is 0 Å². The van der Waals surface area contributed by atoms with Crippen molar-refractivity contribution in [1.82, 2.24) is 14.4 Å². The van der Waals surface area contributed by atoms with Gasteiger partial charge in [0.15, 0.2) is 0 Å². The van der Waals surface area contributed by atoms with Crippen LogP contribution in [0.5, 0.6) is 0 Å². The maximum atomic E-state index is 12.9. The van der Waals surface area contributed by atoms with Crippen LogP contribution in [-0.2, 0) is 11.8 Å². The van der Waals surface area contributed by atoms with Gasteiger partial charge in [-0.05, 0) is 31.5 Å². The van der Waals surface area contributed by atoms with Crippen LogP contribution in [0.15, 0.2) is 24.3 Å². The summed E-state index contributed by atoms with van der Waals surface area (Å²) in [7, 11) is 1.92. The quantitative estimate of drug-likeness (QED) is 0.850. The van der Waals surface area contributed by atoms with Gasteiger partial charge in [-0.3, -0.25) is 4.79 Å². The van der Waals surface area contributed by atoms with Gasteiger partial charge in [0, 0.05) is 44.1 Å². The summed E-state index contributed by atoms with van der Waals surface area (Å²) < 4.78 is 6.96. The molecule has 2 aromatic rings. The summed E-state index contributed by atoms with van der Waals surface area (Å²) >= 11 is 0. The van der Waals surface area contributed by atoms with Crippen LogP contribution in [-0.4, -0.2) is 59.2 Å². The average molecular weight is 329 g/mol. The minimum atomic E-state index is -0.301. The predicted molar refractivity (Wildman–Crippen MR) is 92.2 cm³/mol. The highest BCUT2D eigenvalue weighted by Crippen LogP contribution is 2.23. The molecule has 1 aromatic heterocycles. The topological polar surface area (TPSA) is 54.8 Å². The van der Waals surface area contributed by atoms with Crippen LogP contribution in [0.25, 0.3) is 10.9 Å². The standard InChI is InChI=1S/C18H23N3O3/c1-4-24-18(23)21-10-8-20(9-11-21)17(22)16-12-14-13(2)6-5-7-15(14)19(16)3/h5-7,12H,4,8-11H2,1-3H3. The molecule has 6 nitrogen and oxygen atoms in total. The molecule has 2 amide bonds. The van der Waals surface area contributed by atoms with Gasteiger partial charge in [-0.2, -0.15) is 0 Å². The van der Waals surface area contributed by atoms with E-state index in [2.05, 4.69) is 13.0 Å². The Morgan fingerprint density at radius 2 is 1.79 bits per heavy atom. The Morgan fingerprint density at radius 1 is 1.12 bits per heavy atom. The number of hydrogen-bond acceptors (Lipinski definition) is 3. The molecule has 1 aromatic carbocycles. The Bertz CT molecular complexity index is 773. The van der Waals surface area contributed by atoms with E-state index in [1.54, 1.807) is 16.7 Å². The fourth-order valence-electron chi connectivity index (χ4n) is 3.18. The molecule has 1 saturated heterocycles. The summed E-state index contributed by atoms with van der Waals surface area (Å²) in [4.78, 5) is 28.1. The van der Waals surface area contributed by atoms with Crippen LogP contribution in [0.4, 0.5) is 4.79 Å². The largest absolute Gasteiger partial charge is 0.450 e. The monoisotopic (exact) mass is 329 g/mol. The minimum Gasteiger partial charge on any atom is -0.450 e. The van der Waals surface area contributed by atoms with E-state index in [4.69, 9.17) is 4.74 Å². The van der Waals surface area contributed by atoms with E-state index < -0.39 is 0 Å². The highest BCUT2D eigenvalue weighted by molar-refractivity contribution is 5.99. The van der Waals surface area contributed by atoms with Crippen LogP contribution in [0, 0.1) is 6.92 Å². The summed E-state index contributed by atoms with van der Waals surface area (Å²) in [6.45, 7) is 6.28. The lowest BCUT2D eigenvalue weighted by Crippen LogP contribution is -2.51. The minimum absolute atomic E-state index is 0.0107. The number of rotatable bonds is 2. The van der Waals surface area contributed by atoms with Gasteiger partial charge in [-0.15, -0.1) is 0 Å². The molecule has 0 radical (unpaired) electrons. The zero-order chi connectivity index (χ0) is 17.3. The summed E-state index contributed by atoms with van der Waals surface area (Å²) in [6, 6.07) is 8.04. The van der Waals surface area contributed by atoms with Gasteiger partial charge in [0.05, 0.1) is 6.61 Å². The maximum Gasteiger partial charge on any atom is 0.409 e. The van der Waals surface area contributed by atoms with Gasteiger partial charge in [-0.25, -0.2) is 4.79 Å². The molecule has 0 aliphatic carbocycles. The summed E-state index contributed by atoms with van der Waals surface area (Å²) in [6.07, 6.45) is -0.301. The molecule has 1 aliphatic heterocycles. The van der Waals surface area contributed by atoms with Crippen molar-refractivity contribution in [2.24, 2.45) is 7.05 Å². The number of nitrogens with zero attached hydrogens (tertiary/aromatic N) is 3. The molecular formula is C18H23N3O3. The van der Waals surface area contributed by atoms with Crippen LogP contribution >= 0.6 is 0 Å². The number of ether oxygens (including phenoxy) is 1. The van der Waals surface area contributed by atoms with E-state index in [1.165, 1.54) is 0 Å². The molecule has 1 fully saturated rings. The lowest BCUT2D eigenvalue weighted by atomic mass is 10.1. The van der Waals surface area contributed by atoms with E-state index in [9.17, 15) is 9.59 Å². The second-order valence-electron chi connectivity index (χ2n) is 6.07. The average Bonchev–Trinajstić information content (AvgIpc) is 2.93. The van der Waals surface area contributed by atoms with E-state index in [1.807, 2.05) is 29.8 Å².